The average molecular weight is 269 g/mol. The van der Waals surface area contributed by atoms with Gasteiger partial charge in [-0.25, -0.2) is 0 Å². The Labute approximate surface area is 103 Å². The highest BCUT2D eigenvalue weighted by atomic mass is 35.5. The number of aryl methyl sites for hydroxylation is 1. The molecule has 0 aliphatic rings. The number of hydrogen-bond donors (Lipinski definition) is 0. The molecule has 0 aliphatic heterocycles. The Balaban J connectivity index is 2.79. The summed E-state index contributed by atoms with van der Waals surface area (Å²) in [6, 6.07) is 4.82. The third kappa shape index (κ3) is 4.14. The second-order valence-corrected chi connectivity index (χ2v) is 3.88. The molecule has 1 aromatic rings. The van der Waals surface area contributed by atoms with Gasteiger partial charge < -0.3 is 4.74 Å². The van der Waals surface area contributed by atoms with E-state index in [4.69, 9.17) is 23.2 Å². The standard InChI is InChI=1S/C11H12Cl2F2O/c12-5-1-2-8-3-4-10(16-11(14)15)6-9(8)7-13/h3-4,6,11H,1-2,5,7H2. The molecule has 90 valence electrons. The minimum Gasteiger partial charge on any atom is -0.435 e. The van der Waals surface area contributed by atoms with E-state index in [0.29, 0.717) is 5.88 Å². The van der Waals surface area contributed by atoms with Gasteiger partial charge in [0.15, 0.2) is 0 Å². The van der Waals surface area contributed by atoms with Crippen molar-refractivity contribution in [2.45, 2.75) is 25.3 Å². The second-order valence-electron chi connectivity index (χ2n) is 3.24. The van der Waals surface area contributed by atoms with Gasteiger partial charge in [-0.3, -0.25) is 0 Å². The van der Waals surface area contributed by atoms with Crippen molar-refractivity contribution >= 4 is 23.2 Å². The molecule has 0 amide bonds. The highest BCUT2D eigenvalue weighted by molar-refractivity contribution is 6.18. The molecular formula is C11H12Cl2F2O. The fourth-order valence-corrected chi connectivity index (χ4v) is 1.79. The topological polar surface area (TPSA) is 9.23 Å². The van der Waals surface area contributed by atoms with Crippen LogP contribution in [-0.2, 0) is 12.3 Å². The normalized spacial score (nSPS) is 10.8. The van der Waals surface area contributed by atoms with Crippen LogP contribution in [0, 0.1) is 0 Å². The predicted molar refractivity (Wildman–Crippen MR) is 61.7 cm³/mol. The van der Waals surface area contributed by atoms with E-state index in [1.807, 2.05) is 0 Å². The Morgan fingerprint density at radius 2 is 1.94 bits per heavy atom. The summed E-state index contributed by atoms with van der Waals surface area (Å²) in [6.07, 6.45) is 1.63. The first-order chi connectivity index (χ1) is 7.67. The second kappa shape index (κ2) is 6.92. The average Bonchev–Trinajstić information content (AvgIpc) is 2.26. The zero-order valence-corrected chi connectivity index (χ0v) is 10.1. The Hall–Kier alpha value is -0.540. The molecular weight excluding hydrogens is 257 g/mol. The van der Waals surface area contributed by atoms with Crippen LogP contribution in [0.2, 0.25) is 0 Å². The van der Waals surface area contributed by atoms with E-state index in [2.05, 4.69) is 4.74 Å². The lowest BCUT2D eigenvalue weighted by Gasteiger charge is -2.10. The first-order valence-electron chi connectivity index (χ1n) is 4.86. The number of rotatable bonds is 6. The third-order valence-electron chi connectivity index (χ3n) is 2.13. The molecule has 0 heterocycles. The van der Waals surface area contributed by atoms with E-state index in [0.717, 1.165) is 24.0 Å². The summed E-state index contributed by atoms with van der Waals surface area (Å²) in [4.78, 5) is 0. The quantitative estimate of drug-likeness (QED) is 0.703. The highest BCUT2D eigenvalue weighted by Crippen LogP contribution is 2.22. The summed E-state index contributed by atoms with van der Waals surface area (Å²) in [5.41, 5.74) is 1.84. The van der Waals surface area contributed by atoms with Crippen molar-refractivity contribution in [3.05, 3.63) is 29.3 Å². The van der Waals surface area contributed by atoms with Crippen LogP contribution >= 0.6 is 23.2 Å². The van der Waals surface area contributed by atoms with Crippen LogP contribution in [0.15, 0.2) is 18.2 Å². The van der Waals surface area contributed by atoms with E-state index in [1.165, 1.54) is 6.07 Å². The van der Waals surface area contributed by atoms with Gasteiger partial charge in [-0.1, -0.05) is 6.07 Å². The Morgan fingerprint density at radius 1 is 1.19 bits per heavy atom. The summed E-state index contributed by atoms with van der Waals surface area (Å²) in [5.74, 6) is 0.981. The molecule has 0 saturated heterocycles. The fourth-order valence-electron chi connectivity index (χ4n) is 1.40. The van der Waals surface area contributed by atoms with E-state index in [-0.39, 0.29) is 11.6 Å². The highest BCUT2D eigenvalue weighted by Gasteiger charge is 2.07. The molecule has 1 aromatic carbocycles. The van der Waals surface area contributed by atoms with Crippen molar-refractivity contribution in [2.75, 3.05) is 5.88 Å². The van der Waals surface area contributed by atoms with Gasteiger partial charge in [0.25, 0.3) is 0 Å². The number of hydrogen-bond acceptors (Lipinski definition) is 1. The SMILES string of the molecule is FC(F)Oc1ccc(CCCCl)c(CCl)c1. The summed E-state index contributed by atoms with van der Waals surface area (Å²) >= 11 is 11.3. The molecule has 0 unspecified atom stereocenters. The lowest BCUT2D eigenvalue weighted by molar-refractivity contribution is -0.0498. The lowest BCUT2D eigenvalue weighted by atomic mass is 10.0. The third-order valence-corrected chi connectivity index (χ3v) is 2.68. The van der Waals surface area contributed by atoms with Crippen LogP contribution in [-0.4, -0.2) is 12.5 Å². The van der Waals surface area contributed by atoms with Crippen molar-refractivity contribution in [2.24, 2.45) is 0 Å². The van der Waals surface area contributed by atoms with Gasteiger partial charge in [0.1, 0.15) is 5.75 Å². The van der Waals surface area contributed by atoms with Gasteiger partial charge in [0.05, 0.1) is 0 Å². The zero-order valence-electron chi connectivity index (χ0n) is 8.56. The van der Waals surface area contributed by atoms with E-state index in [9.17, 15) is 8.78 Å². The Kier molecular flexibility index (Phi) is 5.85. The van der Waals surface area contributed by atoms with Crippen molar-refractivity contribution in [1.29, 1.82) is 0 Å². The molecule has 0 radical (unpaired) electrons. The lowest BCUT2D eigenvalue weighted by Crippen LogP contribution is -2.03. The minimum atomic E-state index is -2.81. The van der Waals surface area contributed by atoms with Crippen LogP contribution in [0.5, 0.6) is 5.75 Å². The van der Waals surface area contributed by atoms with Crippen molar-refractivity contribution < 1.29 is 13.5 Å². The van der Waals surface area contributed by atoms with Gasteiger partial charge >= 0.3 is 6.61 Å². The maximum atomic E-state index is 12.0. The molecule has 0 fully saturated rings. The van der Waals surface area contributed by atoms with Crippen molar-refractivity contribution in [3.63, 3.8) is 0 Å². The molecule has 0 atom stereocenters. The number of ether oxygens (including phenoxy) is 1. The van der Waals surface area contributed by atoms with Crippen LogP contribution in [0.1, 0.15) is 17.5 Å². The van der Waals surface area contributed by atoms with Gasteiger partial charge in [0.2, 0.25) is 0 Å². The number of alkyl halides is 4. The minimum absolute atomic E-state index is 0.139. The Bertz CT molecular complexity index is 332. The molecule has 16 heavy (non-hydrogen) atoms. The molecule has 0 bridgehead atoms. The maximum absolute atomic E-state index is 12.0. The van der Waals surface area contributed by atoms with Crippen LogP contribution in [0.4, 0.5) is 8.78 Å². The van der Waals surface area contributed by atoms with Crippen LogP contribution < -0.4 is 4.74 Å². The van der Waals surface area contributed by atoms with Gasteiger partial charge in [-0.05, 0) is 36.1 Å². The largest absolute Gasteiger partial charge is 0.435 e. The number of halogens is 4. The molecule has 5 heteroatoms. The first-order valence-corrected chi connectivity index (χ1v) is 5.92. The van der Waals surface area contributed by atoms with Crippen LogP contribution in [0.25, 0.3) is 0 Å². The summed E-state index contributed by atoms with van der Waals surface area (Å²) in [6.45, 7) is -2.81. The molecule has 1 rings (SSSR count). The van der Waals surface area contributed by atoms with Crippen LogP contribution in [0.3, 0.4) is 0 Å². The molecule has 0 aliphatic carbocycles. The smallest absolute Gasteiger partial charge is 0.387 e. The molecule has 0 saturated carbocycles. The monoisotopic (exact) mass is 268 g/mol. The number of benzene rings is 1. The van der Waals surface area contributed by atoms with Crippen molar-refractivity contribution in [1.82, 2.24) is 0 Å². The van der Waals surface area contributed by atoms with Gasteiger partial charge in [0, 0.05) is 11.8 Å². The Morgan fingerprint density at radius 3 is 2.50 bits per heavy atom. The maximum Gasteiger partial charge on any atom is 0.387 e. The van der Waals surface area contributed by atoms with Gasteiger partial charge in [-0.15, -0.1) is 23.2 Å². The van der Waals surface area contributed by atoms with Gasteiger partial charge in [-0.2, -0.15) is 8.78 Å². The van der Waals surface area contributed by atoms with Crippen molar-refractivity contribution in [3.8, 4) is 5.75 Å². The van der Waals surface area contributed by atoms with E-state index < -0.39 is 6.61 Å². The van der Waals surface area contributed by atoms with E-state index >= 15 is 0 Å². The fraction of sp³-hybridized carbons (Fsp3) is 0.455. The molecule has 0 aromatic heterocycles. The predicted octanol–water partition coefficient (Wildman–Crippen LogP) is 4.20. The zero-order chi connectivity index (χ0) is 12.0. The molecule has 0 N–H and O–H groups in total. The summed E-state index contributed by atoms with van der Waals surface area (Å²) in [7, 11) is 0. The molecule has 0 spiro atoms. The van der Waals surface area contributed by atoms with E-state index in [1.54, 1.807) is 12.1 Å². The summed E-state index contributed by atoms with van der Waals surface area (Å²) in [5, 5.41) is 0. The summed E-state index contributed by atoms with van der Waals surface area (Å²) < 4.78 is 28.3. The molecule has 1 nitrogen and oxygen atoms in total. The first kappa shape index (κ1) is 13.5.